The van der Waals surface area contributed by atoms with Crippen molar-refractivity contribution >= 4 is 11.5 Å². The maximum absolute atomic E-state index is 8.66. The highest BCUT2D eigenvalue weighted by Gasteiger charge is 2.09. The van der Waals surface area contributed by atoms with Gasteiger partial charge in [-0.25, -0.2) is 0 Å². The van der Waals surface area contributed by atoms with Gasteiger partial charge in [-0.1, -0.05) is 0 Å². The smallest absolute Gasteiger partial charge is 0.200 e. The fourth-order valence-corrected chi connectivity index (χ4v) is 1.54. The van der Waals surface area contributed by atoms with E-state index in [0.717, 1.165) is 5.82 Å². The molecule has 0 saturated heterocycles. The normalized spacial score (nSPS) is 10.4. The molecule has 0 N–H and O–H groups in total. The maximum atomic E-state index is 8.66. The van der Waals surface area contributed by atoms with Crippen molar-refractivity contribution in [2.75, 3.05) is 31.7 Å². The van der Waals surface area contributed by atoms with Gasteiger partial charge in [-0.05, 0) is 22.6 Å². The molecule has 2 aromatic rings. The van der Waals surface area contributed by atoms with Crippen LogP contribution in [0.4, 0.5) is 5.82 Å². The van der Waals surface area contributed by atoms with Crippen LogP contribution in [-0.4, -0.2) is 52.1 Å². The van der Waals surface area contributed by atoms with Crippen LogP contribution < -0.4 is 4.90 Å². The summed E-state index contributed by atoms with van der Waals surface area (Å²) in [6, 6.07) is 5.74. The van der Waals surface area contributed by atoms with Crippen LogP contribution in [0.5, 0.6) is 0 Å². The van der Waals surface area contributed by atoms with Gasteiger partial charge < -0.3 is 9.64 Å². The van der Waals surface area contributed by atoms with Gasteiger partial charge in [0.15, 0.2) is 11.5 Å². The Balaban J connectivity index is 2.19. The number of methoxy groups -OCH3 is 1. The Morgan fingerprint density at radius 1 is 1.44 bits per heavy atom. The highest BCUT2D eigenvalue weighted by atomic mass is 16.5. The second kappa shape index (κ2) is 5.88. The Labute approximate surface area is 104 Å². The topological polar surface area (TPSA) is 92.2 Å². The number of ether oxygens (including phenoxy) is 1. The van der Waals surface area contributed by atoms with Crippen LogP contribution in [0.1, 0.15) is 6.42 Å². The fourth-order valence-electron chi connectivity index (χ4n) is 1.54. The monoisotopic (exact) mass is 247 g/mol. The van der Waals surface area contributed by atoms with Crippen LogP contribution in [0.25, 0.3) is 5.65 Å². The first-order valence-electron chi connectivity index (χ1n) is 5.51. The van der Waals surface area contributed by atoms with E-state index in [2.05, 4.69) is 26.7 Å². The molecular formula is C10H13N7O. The van der Waals surface area contributed by atoms with Crippen molar-refractivity contribution in [3.05, 3.63) is 12.1 Å². The van der Waals surface area contributed by atoms with Crippen molar-refractivity contribution < 1.29 is 4.74 Å². The van der Waals surface area contributed by atoms with E-state index in [9.17, 15) is 0 Å². The van der Waals surface area contributed by atoms with Crippen molar-refractivity contribution in [3.8, 4) is 6.07 Å². The summed E-state index contributed by atoms with van der Waals surface area (Å²) >= 11 is 0. The van der Waals surface area contributed by atoms with Crippen LogP contribution in [0.15, 0.2) is 12.1 Å². The predicted octanol–water partition coefficient (Wildman–Crippen LogP) is -0.114. The van der Waals surface area contributed by atoms with Crippen molar-refractivity contribution in [2.45, 2.75) is 6.42 Å². The van der Waals surface area contributed by atoms with Crippen LogP contribution >= 0.6 is 0 Å². The molecule has 0 unspecified atom stereocenters. The van der Waals surface area contributed by atoms with E-state index in [4.69, 9.17) is 10.00 Å². The molecule has 0 aromatic carbocycles. The van der Waals surface area contributed by atoms with Gasteiger partial charge in [0, 0.05) is 20.2 Å². The van der Waals surface area contributed by atoms with Gasteiger partial charge in [0.05, 0.1) is 19.1 Å². The summed E-state index contributed by atoms with van der Waals surface area (Å²) in [5.41, 5.74) is 0.589. The van der Waals surface area contributed by atoms with Crippen LogP contribution in [0.2, 0.25) is 0 Å². The number of fused-ring (bicyclic) bond motifs is 1. The van der Waals surface area contributed by atoms with Crippen molar-refractivity contribution in [1.29, 1.82) is 5.26 Å². The van der Waals surface area contributed by atoms with E-state index >= 15 is 0 Å². The number of tetrazole rings is 1. The molecule has 0 atom stereocenters. The van der Waals surface area contributed by atoms with Gasteiger partial charge >= 0.3 is 0 Å². The summed E-state index contributed by atoms with van der Waals surface area (Å²) in [6.07, 6.45) is 0.430. The summed E-state index contributed by atoms with van der Waals surface area (Å²) in [7, 11) is 1.64. The van der Waals surface area contributed by atoms with E-state index in [1.165, 1.54) is 4.63 Å². The largest absolute Gasteiger partial charge is 0.383 e. The molecule has 0 spiro atoms. The third-order valence-corrected chi connectivity index (χ3v) is 2.44. The lowest BCUT2D eigenvalue weighted by atomic mass is 10.3. The van der Waals surface area contributed by atoms with Gasteiger partial charge in [-0.3, -0.25) is 0 Å². The molecule has 94 valence electrons. The highest BCUT2D eigenvalue weighted by molar-refractivity contribution is 5.44. The van der Waals surface area contributed by atoms with E-state index in [1.807, 2.05) is 11.0 Å². The molecule has 0 amide bonds. The van der Waals surface area contributed by atoms with Gasteiger partial charge in [0.2, 0.25) is 0 Å². The molecular weight excluding hydrogens is 234 g/mol. The molecule has 0 bridgehead atoms. The first kappa shape index (κ1) is 12.2. The van der Waals surface area contributed by atoms with Crippen molar-refractivity contribution in [2.24, 2.45) is 0 Å². The third kappa shape index (κ3) is 2.70. The summed E-state index contributed by atoms with van der Waals surface area (Å²) < 4.78 is 6.41. The summed E-state index contributed by atoms with van der Waals surface area (Å²) in [5.74, 6) is 0.724. The number of anilines is 1. The zero-order valence-electron chi connectivity index (χ0n) is 10.0. The number of rotatable bonds is 6. The Kier molecular flexibility index (Phi) is 3.98. The molecule has 0 radical (unpaired) electrons. The molecule has 2 rings (SSSR count). The van der Waals surface area contributed by atoms with Crippen LogP contribution in [-0.2, 0) is 4.74 Å². The maximum Gasteiger partial charge on any atom is 0.200 e. The fraction of sp³-hybridized carbons (Fsp3) is 0.500. The minimum Gasteiger partial charge on any atom is -0.383 e. The standard InChI is InChI=1S/C10H13N7O/c1-18-8-7-16(6-2-5-11)10-4-3-9-12-14-15-17(9)13-10/h3-4H,2,6-8H2,1H3. The lowest BCUT2D eigenvalue weighted by molar-refractivity contribution is 0.205. The average molecular weight is 247 g/mol. The van der Waals surface area contributed by atoms with E-state index in [-0.39, 0.29) is 0 Å². The SMILES string of the molecule is COCCN(CCC#N)c1ccc2nnnn2n1. The van der Waals surface area contributed by atoms with E-state index < -0.39 is 0 Å². The Morgan fingerprint density at radius 2 is 2.33 bits per heavy atom. The van der Waals surface area contributed by atoms with Gasteiger partial charge in [0.1, 0.15) is 0 Å². The molecule has 8 heteroatoms. The van der Waals surface area contributed by atoms with Crippen molar-refractivity contribution in [1.82, 2.24) is 25.3 Å². The lowest BCUT2D eigenvalue weighted by Crippen LogP contribution is -2.29. The highest BCUT2D eigenvalue weighted by Crippen LogP contribution is 2.10. The third-order valence-electron chi connectivity index (χ3n) is 2.44. The van der Waals surface area contributed by atoms with Gasteiger partial charge in [0.25, 0.3) is 0 Å². The number of hydrogen-bond donors (Lipinski definition) is 0. The summed E-state index contributed by atoms with van der Waals surface area (Å²) in [5, 5.41) is 24.0. The average Bonchev–Trinajstić information content (AvgIpc) is 2.86. The Bertz CT molecular complexity index is 546. The molecule has 2 aromatic heterocycles. The summed E-state index contributed by atoms with van der Waals surface area (Å²) in [4.78, 5) is 1.97. The molecule has 8 nitrogen and oxygen atoms in total. The Morgan fingerprint density at radius 3 is 3.11 bits per heavy atom. The zero-order chi connectivity index (χ0) is 12.8. The van der Waals surface area contributed by atoms with Crippen LogP contribution in [0, 0.1) is 11.3 Å². The minimum atomic E-state index is 0.430. The predicted molar refractivity (Wildman–Crippen MR) is 62.9 cm³/mol. The van der Waals surface area contributed by atoms with Crippen LogP contribution in [0.3, 0.4) is 0 Å². The number of aromatic nitrogens is 5. The minimum absolute atomic E-state index is 0.430. The number of nitrogens with zero attached hydrogens (tertiary/aromatic N) is 7. The number of hydrogen-bond acceptors (Lipinski definition) is 7. The lowest BCUT2D eigenvalue weighted by Gasteiger charge is -2.21. The molecule has 0 fully saturated rings. The van der Waals surface area contributed by atoms with Gasteiger partial charge in [-0.2, -0.15) is 5.26 Å². The molecule has 2 heterocycles. The number of nitriles is 1. The molecule has 0 saturated carbocycles. The molecule has 0 aliphatic carbocycles. The summed E-state index contributed by atoms with van der Waals surface area (Å²) in [6.45, 7) is 1.83. The quantitative estimate of drug-likeness (QED) is 0.702. The first-order valence-corrected chi connectivity index (χ1v) is 5.51. The first-order chi connectivity index (χ1) is 8.85. The molecule has 0 aliphatic heterocycles. The van der Waals surface area contributed by atoms with Crippen molar-refractivity contribution in [3.63, 3.8) is 0 Å². The zero-order valence-corrected chi connectivity index (χ0v) is 10.0. The Hall–Kier alpha value is -2.27. The van der Waals surface area contributed by atoms with E-state index in [1.54, 1.807) is 13.2 Å². The van der Waals surface area contributed by atoms with E-state index in [0.29, 0.717) is 31.8 Å². The second-order valence-corrected chi connectivity index (χ2v) is 3.61. The second-order valence-electron chi connectivity index (χ2n) is 3.61. The molecule has 0 aliphatic rings. The molecule has 18 heavy (non-hydrogen) atoms. The van der Waals surface area contributed by atoms with Gasteiger partial charge in [-0.15, -0.1) is 14.8 Å².